The van der Waals surface area contributed by atoms with Crippen molar-refractivity contribution in [2.24, 2.45) is 11.7 Å². The maximum Gasteiger partial charge on any atom is 0.301 e. The Morgan fingerprint density at radius 1 is 1.48 bits per heavy atom. The highest BCUT2D eigenvalue weighted by molar-refractivity contribution is 7.90. The van der Waals surface area contributed by atoms with Crippen LogP contribution in [0.2, 0.25) is 0 Å². The lowest BCUT2D eigenvalue weighted by atomic mass is 10.0. The average molecular weight is 310 g/mol. The second kappa shape index (κ2) is 6.03. The zero-order valence-corrected chi connectivity index (χ0v) is 13.2. The predicted molar refractivity (Wildman–Crippen MR) is 84.7 cm³/mol. The average Bonchev–Trinajstić information content (AvgIpc) is 2.41. The van der Waals surface area contributed by atoms with Crippen molar-refractivity contribution in [1.29, 1.82) is 5.41 Å². The number of aryl methyl sites for hydroxylation is 1. The van der Waals surface area contributed by atoms with Gasteiger partial charge in [0, 0.05) is 18.7 Å². The van der Waals surface area contributed by atoms with E-state index < -0.39 is 10.2 Å². The molecule has 116 valence electrons. The summed E-state index contributed by atoms with van der Waals surface area (Å²) in [4.78, 5) is 0. The zero-order chi connectivity index (χ0) is 15.6. The molecule has 1 saturated heterocycles. The number of nitrogens with zero attached hydrogens (tertiary/aromatic N) is 1. The second-order valence-corrected chi connectivity index (χ2v) is 7.33. The first-order valence-corrected chi connectivity index (χ1v) is 8.46. The molecule has 0 spiro atoms. The number of piperidine rings is 1. The van der Waals surface area contributed by atoms with Crippen molar-refractivity contribution in [2.75, 3.05) is 17.8 Å². The quantitative estimate of drug-likeness (QED) is 0.582. The molecule has 0 aliphatic carbocycles. The third-order valence-corrected chi connectivity index (χ3v) is 5.24. The standard InChI is InChI=1S/C14H22N4O2S/c1-10-4-3-7-18(9-10)21(19,20)17-13-8-12(14(15)16)6-5-11(13)2/h5-6,8,10,17H,3-4,7,9H2,1-2H3,(H3,15,16). The highest BCUT2D eigenvalue weighted by Crippen LogP contribution is 2.22. The molecule has 1 heterocycles. The van der Waals surface area contributed by atoms with Gasteiger partial charge in [0.25, 0.3) is 0 Å². The molecule has 1 aliphatic heterocycles. The fourth-order valence-corrected chi connectivity index (χ4v) is 3.91. The van der Waals surface area contributed by atoms with E-state index in [4.69, 9.17) is 11.1 Å². The van der Waals surface area contributed by atoms with Crippen LogP contribution in [0.4, 0.5) is 5.69 Å². The van der Waals surface area contributed by atoms with Gasteiger partial charge in [0.1, 0.15) is 5.84 Å². The maximum absolute atomic E-state index is 12.5. The Balaban J connectivity index is 2.23. The summed E-state index contributed by atoms with van der Waals surface area (Å²) in [6.07, 6.45) is 1.94. The topological polar surface area (TPSA) is 99.3 Å². The Morgan fingerprint density at radius 2 is 2.19 bits per heavy atom. The Bertz CT molecular complexity index is 642. The molecule has 0 bridgehead atoms. The first kappa shape index (κ1) is 15.8. The van der Waals surface area contributed by atoms with E-state index in [1.54, 1.807) is 18.2 Å². The summed E-state index contributed by atoms with van der Waals surface area (Å²) >= 11 is 0. The van der Waals surface area contributed by atoms with Crippen LogP contribution in [0.15, 0.2) is 18.2 Å². The van der Waals surface area contributed by atoms with Crippen LogP contribution in [-0.2, 0) is 10.2 Å². The predicted octanol–water partition coefficient (Wildman–Crippen LogP) is 1.67. The third kappa shape index (κ3) is 3.74. The number of nitrogens with one attached hydrogen (secondary N) is 2. The number of anilines is 1. The van der Waals surface area contributed by atoms with Gasteiger partial charge in [0.15, 0.2) is 0 Å². The minimum absolute atomic E-state index is 0.0814. The third-order valence-electron chi connectivity index (χ3n) is 3.75. The summed E-state index contributed by atoms with van der Waals surface area (Å²) in [6, 6.07) is 5.06. The Morgan fingerprint density at radius 3 is 2.81 bits per heavy atom. The van der Waals surface area contributed by atoms with Crippen LogP contribution in [0.1, 0.15) is 30.9 Å². The molecule has 1 aliphatic rings. The molecule has 1 unspecified atom stereocenters. The molecule has 2 rings (SSSR count). The molecular weight excluding hydrogens is 288 g/mol. The van der Waals surface area contributed by atoms with Crippen molar-refractivity contribution < 1.29 is 8.42 Å². The van der Waals surface area contributed by atoms with E-state index >= 15 is 0 Å². The van der Waals surface area contributed by atoms with Gasteiger partial charge in [-0.1, -0.05) is 19.1 Å². The van der Waals surface area contributed by atoms with Gasteiger partial charge in [-0.15, -0.1) is 0 Å². The molecule has 7 heteroatoms. The summed E-state index contributed by atoms with van der Waals surface area (Å²) in [7, 11) is -3.56. The van der Waals surface area contributed by atoms with Gasteiger partial charge in [0.05, 0.1) is 5.69 Å². The molecule has 4 N–H and O–H groups in total. The van der Waals surface area contributed by atoms with Crippen LogP contribution in [0.25, 0.3) is 0 Å². The van der Waals surface area contributed by atoms with E-state index in [2.05, 4.69) is 11.6 Å². The SMILES string of the molecule is Cc1ccc(C(=N)N)cc1NS(=O)(=O)N1CCCC(C)C1. The number of benzene rings is 1. The minimum atomic E-state index is -3.56. The van der Waals surface area contributed by atoms with Gasteiger partial charge >= 0.3 is 10.2 Å². The number of nitrogen functional groups attached to an aromatic ring is 1. The van der Waals surface area contributed by atoms with E-state index in [0.29, 0.717) is 30.3 Å². The van der Waals surface area contributed by atoms with Crippen LogP contribution in [-0.4, -0.2) is 31.6 Å². The molecule has 0 saturated carbocycles. The largest absolute Gasteiger partial charge is 0.384 e. The van der Waals surface area contributed by atoms with Crippen LogP contribution in [0.3, 0.4) is 0 Å². The van der Waals surface area contributed by atoms with E-state index in [-0.39, 0.29) is 5.84 Å². The van der Waals surface area contributed by atoms with E-state index in [0.717, 1.165) is 18.4 Å². The van der Waals surface area contributed by atoms with Gasteiger partial charge in [-0.25, -0.2) is 0 Å². The molecule has 0 aromatic heterocycles. The van der Waals surface area contributed by atoms with Crippen molar-refractivity contribution in [1.82, 2.24) is 4.31 Å². The van der Waals surface area contributed by atoms with Gasteiger partial charge in [-0.2, -0.15) is 12.7 Å². The molecule has 1 fully saturated rings. The number of amidine groups is 1. The summed E-state index contributed by atoms with van der Waals surface area (Å²) in [6.45, 7) is 4.97. The smallest absolute Gasteiger partial charge is 0.301 e. The highest BCUT2D eigenvalue weighted by atomic mass is 32.2. The maximum atomic E-state index is 12.5. The van der Waals surface area contributed by atoms with Crippen LogP contribution in [0.5, 0.6) is 0 Å². The fourth-order valence-electron chi connectivity index (χ4n) is 2.47. The molecule has 21 heavy (non-hydrogen) atoms. The summed E-state index contributed by atoms with van der Waals surface area (Å²) in [5.41, 5.74) is 7.23. The van der Waals surface area contributed by atoms with Crippen molar-refractivity contribution in [3.05, 3.63) is 29.3 Å². The van der Waals surface area contributed by atoms with E-state index in [1.165, 1.54) is 4.31 Å². The molecule has 1 atom stereocenters. The Labute approximate surface area is 126 Å². The monoisotopic (exact) mass is 310 g/mol. The number of nitrogens with two attached hydrogens (primary N) is 1. The van der Waals surface area contributed by atoms with Crippen molar-refractivity contribution >= 4 is 21.7 Å². The Hall–Kier alpha value is -1.60. The second-order valence-electron chi connectivity index (χ2n) is 5.66. The van der Waals surface area contributed by atoms with E-state index in [1.807, 2.05) is 6.92 Å². The normalized spacial score (nSPS) is 20.2. The van der Waals surface area contributed by atoms with Crippen LogP contribution in [0, 0.1) is 18.3 Å². The first-order chi connectivity index (χ1) is 9.79. The first-order valence-electron chi connectivity index (χ1n) is 7.02. The fraction of sp³-hybridized carbons (Fsp3) is 0.500. The number of hydrogen-bond acceptors (Lipinski definition) is 3. The molecule has 0 amide bonds. The number of rotatable bonds is 4. The molecule has 1 aromatic carbocycles. The summed E-state index contributed by atoms with van der Waals surface area (Å²) in [5.74, 6) is 0.294. The molecular formula is C14H22N4O2S. The minimum Gasteiger partial charge on any atom is -0.384 e. The lowest BCUT2D eigenvalue weighted by Gasteiger charge is -2.30. The van der Waals surface area contributed by atoms with Crippen LogP contribution < -0.4 is 10.5 Å². The lowest BCUT2D eigenvalue weighted by molar-refractivity contribution is 0.282. The summed E-state index contributed by atoms with van der Waals surface area (Å²) < 4.78 is 29.0. The molecule has 0 radical (unpaired) electrons. The van der Waals surface area contributed by atoms with Crippen LogP contribution >= 0.6 is 0 Å². The number of hydrogen-bond donors (Lipinski definition) is 3. The zero-order valence-electron chi connectivity index (χ0n) is 12.4. The van der Waals surface area contributed by atoms with Gasteiger partial charge in [0.2, 0.25) is 0 Å². The van der Waals surface area contributed by atoms with Crippen molar-refractivity contribution in [3.63, 3.8) is 0 Å². The van der Waals surface area contributed by atoms with Gasteiger partial charge in [-0.05, 0) is 37.3 Å². The molecule has 1 aromatic rings. The molecule has 6 nitrogen and oxygen atoms in total. The lowest BCUT2D eigenvalue weighted by Crippen LogP contribution is -2.42. The van der Waals surface area contributed by atoms with Crippen molar-refractivity contribution in [3.8, 4) is 0 Å². The van der Waals surface area contributed by atoms with Gasteiger partial charge in [-0.3, -0.25) is 10.1 Å². The summed E-state index contributed by atoms with van der Waals surface area (Å²) in [5, 5.41) is 7.45. The Kier molecular flexibility index (Phi) is 4.53. The van der Waals surface area contributed by atoms with Gasteiger partial charge < -0.3 is 5.73 Å². The van der Waals surface area contributed by atoms with Crippen molar-refractivity contribution in [2.45, 2.75) is 26.7 Å². The highest BCUT2D eigenvalue weighted by Gasteiger charge is 2.27. The van der Waals surface area contributed by atoms with E-state index in [9.17, 15) is 8.42 Å².